The van der Waals surface area contributed by atoms with Crippen LogP contribution in [-0.4, -0.2) is 37.8 Å². The second kappa shape index (κ2) is 6.82. The number of carbonyl (C=O) groups is 1. The summed E-state index contributed by atoms with van der Waals surface area (Å²) in [5, 5.41) is 0. The van der Waals surface area contributed by atoms with Gasteiger partial charge in [-0.2, -0.15) is 0 Å². The fourth-order valence-electron chi connectivity index (χ4n) is 4.58. The highest BCUT2D eigenvalue weighted by Gasteiger charge is 2.82. The number of esters is 1. The van der Waals surface area contributed by atoms with E-state index in [-0.39, 0.29) is 11.0 Å². The lowest BCUT2D eigenvalue weighted by molar-refractivity contribution is -0.208. The number of fused-ring (bicyclic) bond motifs is 1. The van der Waals surface area contributed by atoms with Crippen LogP contribution in [0.4, 0.5) is 0 Å². The Hall–Kier alpha value is -1.44. The smallest absolute Gasteiger partial charge is 0.342 e. The van der Waals surface area contributed by atoms with Gasteiger partial charge in [-0.25, -0.2) is 13.2 Å². The summed E-state index contributed by atoms with van der Waals surface area (Å²) in [6.07, 6.45) is 0.470. The maximum atomic E-state index is 13.3. The molecule has 2 heterocycles. The number of hydrogen-bond donors (Lipinski definition) is 0. The second-order valence-electron chi connectivity index (χ2n) is 8.81. The van der Waals surface area contributed by atoms with E-state index in [0.717, 1.165) is 24.8 Å². The number of hydrogen-bond acceptors (Lipinski definition) is 6. The zero-order valence-corrected chi connectivity index (χ0v) is 17.6. The molecule has 4 rings (SSSR count). The van der Waals surface area contributed by atoms with Gasteiger partial charge in [-0.05, 0) is 49.7 Å². The van der Waals surface area contributed by atoms with E-state index in [1.165, 1.54) is 12.1 Å². The average molecular weight is 409 g/mol. The third kappa shape index (κ3) is 2.99. The third-order valence-electron chi connectivity index (χ3n) is 6.39. The van der Waals surface area contributed by atoms with E-state index in [9.17, 15) is 13.2 Å². The van der Waals surface area contributed by atoms with Crippen molar-refractivity contribution < 1.29 is 27.4 Å². The fourth-order valence-corrected chi connectivity index (χ4v) is 6.40. The molecule has 1 aromatic carbocycles. The molecule has 6 atom stereocenters. The molecule has 3 aliphatic rings. The van der Waals surface area contributed by atoms with Crippen molar-refractivity contribution in [1.82, 2.24) is 0 Å². The first kappa shape index (κ1) is 19.9. The molecule has 0 aromatic heterocycles. The van der Waals surface area contributed by atoms with Crippen molar-refractivity contribution in [2.45, 2.75) is 75.3 Å². The molecular formula is C21H28O6S. The average Bonchev–Trinajstić information content (AvgIpc) is 3.33. The van der Waals surface area contributed by atoms with Crippen LogP contribution in [0.1, 0.15) is 45.6 Å². The maximum absolute atomic E-state index is 13.3. The normalized spacial score (nSPS) is 37.6. The Kier molecular flexibility index (Phi) is 4.83. The van der Waals surface area contributed by atoms with Crippen molar-refractivity contribution >= 4 is 15.8 Å². The Balaban J connectivity index is 1.64. The second-order valence-corrected chi connectivity index (χ2v) is 10.9. The number of carbonyl (C=O) groups excluding carboxylic acids is 1. The summed E-state index contributed by atoms with van der Waals surface area (Å²) >= 11 is 0. The molecule has 3 fully saturated rings. The van der Waals surface area contributed by atoms with Crippen molar-refractivity contribution in [1.29, 1.82) is 0 Å². The summed E-state index contributed by atoms with van der Waals surface area (Å²) in [5.41, 5.74) is 0.951. The van der Waals surface area contributed by atoms with Gasteiger partial charge in [0.1, 0.15) is 0 Å². The van der Waals surface area contributed by atoms with Gasteiger partial charge in [0.2, 0.25) is 15.9 Å². The van der Waals surface area contributed by atoms with Crippen molar-refractivity contribution in [3.8, 4) is 0 Å². The van der Waals surface area contributed by atoms with E-state index >= 15 is 0 Å². The molecule has 0 amide bonds. The number of aryl methyl sites for hydroxylation is 1. The summed E-state index contributed by atoms with van der Waals surface area (Å²) in [6.45, 7) is 8.35. The first-order chi connectivity index (χ1) is 13.2. The first-order valence-corrected chi connectivity index (χ1v) is 11.5. The highest BCUT2D eigenvalue weighted by atomic mass is 32.2. The Morgan fingerprint density at radius 1 is 1.18 bits per heavy atom. The number of ether oxygens (including phenoxy) is 3. The Bertz CT molecular complexity index is 861. The van der Waals surface area contributed by atoms with Gasteiger partial charge < -0.3 is 14.2 Å². The molecule has 28 heavy (non-hydrogen) atoms. The molecule has 1 aromatic rings. The quantitative estimate of drug-likeness (QED) is 0.550. The van der Waals surface area contributed by atoms with Crippen LogP contribution in [0.15, 0.2) is 29.2 Å². The van der Waals surface area contributed by atoms with E-state index in [2.05, 4.69) is 20.8 Å². The number of benzene rings is 1. The van der Waals surface area contributed by atoms with Gasteiger partial charge >= 0.3 is 5.97 Å². The molecular weight excluding hydrogens is 380 g/mol. The molecule has 0 spiro atoms. The monoisotopic (exact) mass is 408 g/mol. The summed E-state index contributed by atoms with van der Waals surface area (Å²) in [7, 11) is -3.96. The maximum Gasteiger partial charge on any atom is 0.342 e. The number of sulfone groups is 1. The molecule has 7 heteroatoms. The van der Waals surface area contributed by atoms with E-state index in [1.54, 1.807) is 12.1 Å². The molecule has 2 saturated heterocycles. The van der Waals surface area contributed by atoms with E-state index in [1.807, 2.05) is 6.92 Å². The molecule has 0 bridgehead atoms. The largest absolute Gasteiger partial charge is 0.429 e. The van der Waals surface area contributed by atoms with Crippen LogP contribution in [0.5, 0.6) is 0 Å². The fraction of sp³-hybridized carbons (Fsp3) is 0.667. The minimum Gasteiger partial charge on any atom is -0.429 e. The summed E-state index contributed by atoms with van der Waals surface area (Å²) in [5.74, 6) is 0.519. The van der Waals surface area contributed by atoms with Gasteiger partial charge in [-0.1, -0.05) is 44.9 Å². The summed E-state index contributed by atoms with van der Waals surface area (Å²) < 4.78 is 43.8. The van der Waals surface area contributed by atoms with Crippen LogP contribution in [0.25, 0.3) is 0 Å². The summed E-state index contributed by atoms with van der Waals surface area (Å²) in [4.78, 5) is 10.5. The number of cyclic esters (lactones) is 1. The SMILES string of the molecule is Cc1ccc(S(=O)(=O)C23OC2C(=O)O[C@@H]3O[C@@H]2C[C@H](C)CC[C@H]2C(C)C)cc1. The lowest BCUT2D eigenvalue weighted by Gasteiger charge is -2.38. The van der Waals surface area contributed by atoms with Crippen LogP contribution >= 0.6 is 0 Å². The predicted molar refractivity (Wildman–Crippen MR) is 102 cm³/mol. The van der Waals surface area contributed by atoms with Crippen molar-refractivity contribution in [3.63, 3.8) is 0 Å². The minimum absolute atomic E-state index is 0.116. The van der Waals surface area contributed by atoms with Crippen molar-refractivity contribution in [2.24, 2.45) is 17.8 Å². The number of rotatable bonds is 5. The Labute approximate surface area is 166 Å². The van der Waals surface area contributed by atoms with E-state index in [0.29, 0.717) is 17.8 Å². The molecule has 154 valence electrons. The van der Waals surface area contributed by atoms with Crippen LogP contribution in [0.3, 0.4) is 0 Å². The Morgan fingerprint density at radius 2 is 1.86 bits per heavy atom. The predicted octanol–water partition coefficient (Wildman–Crippen LogP) is 3.22. The van der Waals surface area contributed by atoms with E-state index < -0.39 is 33.1 Å². The summed E-state index contributed by atoms with van der Waals surface area (Å²) in [6, 6.07) is 6.53. The zero-order valence-electron chi connectivity index (χ0n) is 16.8. The van der Waals surface area contributed by atoms with Crippen molar-refractivity contribution in [2.75, 3.05) is 0 Å². The lowest BCUT2D eigenvalue weighted by Crippen LogP contribution is -2.45. The van der Waals surface area contributed by atoms with Gasteiger partial charge in [0.25, 0.3) is 11.2 Å². The molecule has 1 aliphatic carbocycles. The topological polar surface area (TPSA) is 82.2 Å². The van der Waals surface area contributed by atoms with Crippen LogP contribution < -0.4 is 0 Å². The highest BCUT2D eigenvalue weighted by molar-refractivity contribution is 7.93. The van der Waals surface area contributed by atoms with Crippen LogP contribution in [0, 0.1) is 24.7 Å². The molecule has 6 nitrogen and oxygen atoms in total. The van der Waals surface area contributed by atoms with Crippen LogP contribution in [0.2, 0.25) is 0 Å². The molecule has 0 N–H and O–H groups in total. The van der Waals surface area contributed by atoms with Gasteiger partial charge in [-0.15, -0.1) is 0 Å². The third-order valence-corrected chi connectivity index (χ3v) is 8.62. The zero-order chi connectivity index (χ0) is 20.3. The standard InChI is InChI=1S/C21H28O6S/c1-12(2)16-10-7-14(4)11-17(16)25-20-21(18(27-21)19(22)26-20)28(23,24)15-8-5-13(3)6-9-15/h5-6,8-9,12,14,16-18,20H,7,10-11H2,1-4H3/t14-,16+,17-,18?,20+,21?/m1/s1. The van der Waals surface area contributed by atoms with Gasteiger partial charge in [0.05, 0.1) is 11.0 Å². The Morgan fingerprint density at radius 3 is 2.46 bits per heavy atom. The molecule has 2 unspecified atom stereocenters. The van der Waals surface area contributed by atoms with Gasteiger partial charge in [0, 0.05) is 0 Å². The minimum atomic E-state index is -3.96. The molecule has 1 saturated carbocycles. The van der Waals surface area contributed by atoms with Crippen molar-refractivity contribution in [3.05, 3.63) is 29.8 Å². The van der Waals surface area contributed by atoms with Gasteiger partial charge in [-0.3, -0.25) is 0 Å². The number of epoxide rings is 1. The molecule has 0 radical (unpaired) electrons. The molecule has 2 aliphatic heterocycles. The van der Waals surface area contributed by atoms with Crippen LogP contribution in [-0.2, 0) is 28.8 Å². The lowest BCUT2D eigenvalue weighted by atomic mass is 9.75. The highest BCUT2D eigenvalue weighted by Crippen LogP contribution is 2.55. The van der Waals surface area contributed by atoms with Gasteiger partial charge in [0.15, 0.2) is 0 Å². The first-order valence-electron chi connectivity index (χ1n) is 10.0. The van der Waals surface area contributed by atoms with E-state index in [4.69, 9.17) is 14.2 Å².